The molecule has 2 aliphatic carbocycles. The van der Waals surface area contributed by atoms with Gasteiger partial charge in [-0.25, -0.2) is 27.5 Å². The van der Waals surface area contributed by atoms with Crippen LogP contribution >= 0.6 is 0 Å². The van der Waals surface area contributed by atoms with Crippen molar-refractivity contribution in [2.75, 3.05) is 10.6 Å². The highest BCUT2D eigenvalue weighted by Gasteiger charge is 2.39. The molecule has 0 saturated heterocycles. The first kappa shape index (κ1) is 24.7. The Morgan fingerprint density at radius 3 is 2.43 bits per heavy atom. The number of fused-ring (bicyclic) bond motifs is 1. The van der Waals surface area contributed by atoms with Gasteiger partial charge in [-0.05, 0) is 44.2 Å². The third-order valence-electron chi connectivity index (χ3n) is 7.04. The van der Waals surface area contributed by atoms with E-state index in [1.165, 1.54) is 6.20 Å². The maximum absolute atomic E-state index is 14.7. The molecular weight excluding hydrogens is 492 g/mol. The van der Waals surface area contributed by atoms with Crippen molar-refractivity contribution < 1.29 is 22.4 Å². The number of hydrogen-bond acceptors (Lipinski definition) is 7. The molecule has 2 heterocycles. The number of nitrogens with zero attached hydrogens (tertiary/aromatic N) is 5. The molecule has 13 heteroatoms. The summed E-state index contributed by atoms with van der Waals surface area (Å²) < 4.78 is 58.3. The summed E-state index contributed by atoms with van der Waals surface area (Å²) in [4.78, 5) is 24.8. The second-order valence-corrected chi connectivity index (χ2v) is 9.61. The fourth-order valence-corrected chi connectivity index (χ4v) is 5.14. The van der Waals surface area contributed by atoms with Gasteiger partial charge in [0.2, 0.25) is 23.7 Å². The summed E-state index contributed by atoms with van der Waals surface area (Å²) in [6.07, 6.45) is 3.26. The van der Waals surface area contributed by atoms with Crippen LogP contribution in [0.2, 0.25) is 0 Å². The van der Waals surface area contributed by atoms with Gasteiger partial charge in [0, 0.05) is 30.8 Å². The Hall–Kier alpha value is -3.95. The van der Waals surface area contributed by atoms with Crippen molar-refractivity contribution in [1.29, 1.82) is 5.26 Å². The first-order valence-corrected chi connectivity index (χ1v) is 12.0. The van der Waals surface area contributed by atoms with E-state index in [0.29, 0.717) is 36.8 Å². The highest BCUT2D eigenvalue weighted by molar-refractivity contribution is 5.78. The van der Waals surface area contributed by atoms with Crippen LogP contribution in [-0.2, 0) is 4.79 Å². The molecule has 0 bridgehead atoms. The van der Waals surface area contributed by atoms with Crippen molar-refractivity contribution in [3.8, 4) is 6.07 Å². The average Bonchev–Trinajstić information content (AvgIpc) is 3.39. The lowest BCUT2D eigenvalue weighted by Crippen LogP contribution is -2.29. The van der Waals surface area contributed by atoms with Gasteiger partial charge in [0.05, 0.1) is 17.8 Å². The molecule has 0 spiro atoms. The first-order chi connectivity index (χ1) is 17.6. The maximum atomic E-state index is 14.7. The van der Waals surface area contributed by atoms with Crippen LogP contribution in [0.25, 0.3) is 11.2 Å². The van der Waals surface area contributed by atoms with Gasteiger partial charge in [-0.1, -0.05) is 0 Å². The molecule has 37 heavy (non-hydrogen) atoms. The van der Waals surface area contributed by atoms with Crippen LogP contribution in [0.5, 0.6) is 0 Å². The normalized spacial score (nSPS) is 23.1. The third kappa shape index (κ3) is 5.00. The van der Waals surface area contributed by atoms with Crippen LogP contribution in [0.3, 0.4) is 0 Å². The van der Waals surface area contributed by atoms with Crippen molar-refractivity contribution in [3.05, 3.63) is 35.5 Å². The minimum atomic E-state index is -2.74. The smallest absolute Gasteiger partial charge is 0.250 e. The number of amides is 1. The predicted octanol–water partition coefficient (Wildman–Crippen LogP) is 4.54. The topological polar surface area (TPSA) is 135 Å². The van der Waals surface area contributed by atoms with Gasteiger partial charge in [-0.2, -0.15) is 10.2 Å². The van der Waals surface area contributed by atoms with Crippen molar-refractivity contribution >= 4 is 34.7 Å². The van der Waals surface area contributed by atoms with E-state index in [9.17, 15) is 22.4 Å². The van der Waals surface area contributed by atoms with Crippen LogP contribution < -0.4 is 16.4 Å². The maximum Gasteiger partial charge on any atom is 0.250 e. The van der Waals surface area contributed by atoms with E-state index < -0.39 is 29.3 Å². The van der Waals surface area contributed by atoms with Gasteiger partial charge in [0.1, 0.15) is 11.2 Å². The molecule has 2 fully saturated rings. The van der Waals surface area contributed by atoms with Gasteiger partial charge in [-0.3, -0.25) is 9.36 Å². The van der Waals surface area contributed by atoms with Crippen LogP contribution in [0.15, 0.2) is 18.3 Å². The van der Waals surface area contributed by atoms with Crippen molar-refractivity contribution in [1.82, 2.24) is 19.5 Å². The molecule has 2 saturated carbocycles. The minimum Gasteiger partial charge on any atom is -0.369 e. The summed E-state index contributed by atoms with van der Waals surface area (Å²) in [5, 5.41) is 14.6. The lowest BCUT2D eigenvalue weighted by atomic mass is 9.85. The largest absolute Gasteiger partial charge is 0.369 e. The van der Waals surface area contributed by atoms with E-state index in [1.54, 1.807) is 10.6 Å². The Morgan fingerprint density at radius 1 is 1.14 bits per heavy atom. The lowest BCUT2D eigenvalue weighted by Gasteiger charge is -2.29. The van der Waals surface area contributed by atoms with Crippen LogP contribution in [0.4, 0.5) is 35.1 Å². The third-order valence-corrected chi connectivity index (χ3v) is 7.04. The summed E-state index contributed by atoms with van der Waals surface area (Å²) in [5.41, 5.74) is 5.49. The number of primary amides is 1. The fraction of sp³-hybridized carbons (Fsp3) is 0.458. The number of carbonyl (C=O) groups is 1. The molecule has 1 amide bonds. The van der Waals surface area contributed by atoms with E-state index in [0.717, 1.165) is 12.1 Å². The van der Waals surface area contributed by atoms with E-state index >= 15 is 0 Å². The molecule has 0 unspecified atom stereocenters. The van der Waals surface area contributed by atoms with Gasteiger partial charge in [0.25, 0.3) is 0 Å². The Balaban J connectivity index is 1.52. The van der Waals surface area contributed by atoms with E-state index in [2.05, 4.69) is 25.6 Å². The van der Waals surface area contributed by atoms with Crippen molar-refractivity contribution in [2.24, 2.45) is 11.7 Å². The predicted molar refractivity (Wildman–Crippen MR) is 126 cm³/mol. The molecule has 4 N–H and O–H groups in total. The number of halogens is 4. The lowest BCUT2D eigenvalue weighted by molar-refractivity contribution is -0.122. The number of nitrogens with two attached hydrogens (primary N) is 1. The number of benzene rings is 1. The average molecular weight is 517 g/mol. The summed E-state index contributed by atoms with van der Waals surface area (Å²) in [5.74, 6) is -5.09. The molecule has 0 radical (unpaired) electrons. The zero-order chi connectivity index (χ0) is 26.3. The number of alkyl halides is 2. The molecular formula is C24H24F4N8O. The molecule has 2 aromatic heterocycles. The number of hydrogen-bond donors (Lipinski definition) is 3. The summed E-state index contributed by atoms with van der Waals surface area (Å²) in [6.45, 7) is 0. The molecule has 9 nitrogen and oxygen atoms in total. The number of anilines is 3. The molecule has 2 aliphatic rings. The van der Waals surface area contributed by atoms with Gasteiger partial charge < -0.3 is 16.4 Å². The van der Waals surface area contributed by atoms with Crippen LogP contribution in [0.1, 0.15) is 56.6 Å². The molecule has 3 aromatic rings. The highest BCUT2D eigenvalue weighted by atomic mass is 19.3. The van der Waals surface area contributed by atoms with E-state index in [-0.39, 0.29) is 54.6 Å². The van der Waals surface area contributed by atoms with Gasteiger partial charge >= 0.3 is 0 Å². The number of rotatable bonds is 6. The second-order valence-electron chi connectivity index (χ2n) is 9.61. The molecule has 194 valence electrons. The Kier molecular flexibility index (Phi) is 6.35. The monoisotopic (exact) mass is 516 g/mol. The van der Waals surface area contributed by atoms with Crippen LogP contribution in [0, 0.1) is 28.9 Å². The molecule has 0 aliphatic heterocycles. The van der Waals surface area contributed by atoms with Crippen LogP contribution in [-0.4, -0.2) is 37.4 Å². The van der Waals surface area contributed by atoms with E-state index in [1.807, 2.05) is 0 Å². The SMILES string of the molecule is N#Cc1cc(F)c(Nc2nc3cnc(N[C@@H]4CCC(F)(F)C4)nc3n2[C@H]2CC[C@H](C(N)=O)CC2)c(F)c1. The van der Waals surface area contributed by atoms with E-state index in [4.69, 9.17) is 11.0 Å². The van der Waals surface area contributed by atoms with Crippen molar-refractivity contribution in [2.45, 2.75) is 63.0 Å². The van der Waals surface area contributed by atoms with Gasteiger partial charge in [0.15, 0.2) is 17.3 Å². The number of aromatic nitrogens is 4. The van der Waals surface area contributed by atoms with Crippen molar-refractivity contribution in [3.63, 3.8) is 0 Å². The number of imidazole rings is 1. The summed E-state index contributed by atoms with van der Waals surface area (Å²) in [7, 11) is 0. The summed E-state index contributed by atoms with van der Waals surface area (Å²) in [6, 6.07) is 2.80. The number of nitriles is 1. The Labute approximate surface area is 209 Å². The highest BCUT2D eigenvalue weighted by Crippen LogP contribution is 2.39. The fourth-order valence-electron chi connectivity index (χ4n) is 5.14. The second kappa shape index (κ2) is 9.49. The number of nitrogens with one attached hydrogen (secondary N) is 2. The number of carbonyl (C=O) groups excluding carboxylic acids is 1. The Morgan fingerprint density at radius 2 is 1.84 bits per heavy atom. The summed E-state index contributed by atoms with van der Waals surface area (Å²) >= 11 is 0. The van der Waals surface area contributed by atoms with Gasteiger partial charge in [-0.15, -0.1) is 0 Å². The molecule has 1 atom stereocenters. The quantitative estimate of drug-likeness (QED) is 0.410. The zero-order valence-electron chi connectivity index (χ0n) is 19.6. The first-order valence-electron chi connectivity index (χ1n) is 12.0. The zero-order valence-corrected chi connectivity index (χ0v) is 19.6. The standard InChI is InChI=1S/C24H24F4N8O/c25-16-7-12(10-29)8-17(26)19(16)34-23-33-18-11-31-22(32-14-5-6-24(27,28)9-14)35-21(18)36(23)15-3-1-13(2-4-15)20(30)37/h7-8,11,13-15H,1-6,9H2,(H2,30,37)(H,33,34)(H,31,32,35)/t13-,14-,15-/m1/s1. The molecule has 5 rings (SSSR count). The molecule has 1 aromatic carbocycles. The Bertz CT molecular complexity index is 1370. The minimum absolute atomic E-state index is 0.0962.